The maximum atomic E-state index is 6.10. The minimum Gasteiger partial charge on any atom is -0.380 e. The van der Waals surface area contributed by atoms with Crippen LogP contribution in [0.4, 0.5) is 0 Å². The summed E-state index contributed by atoms with van der Waals surface area (Å²) in [5, 5.41) is 4.73. The quantitative estimate of drug-likeness (QED) is 0.848. The zero-order chi connectivity index (χ0) is 11.9. The lowest BCUT2D eigenvalue weighted by Gasteiger charge is -2.50. The minimum absolute atomic E-state index is 0.322. The topological polar surface area (TPSA) is 21.3 Å². The van der Waals surface area contributed by atoms with E-state index in [1.165, 1.54) is 12.0 Å². The van der Waals surface area contributed by atoms with Crippen molar-refractivity contribution in [3.05, 3.63) is 33.8 Å². The van der Waals surface area contributed by atoms with Crippen LogP contribution >= 0.6 is 23.2 Å². The van der Waals surface area contributed by atoms with Gasteiger partial charge in [0.15, 0.2) is 0 Å². The molecule has 17 heavy (non-hydrogen) atoms. The normalized spacial score (nSPS) is 26.8. The van der Waals surface area contributed by atoms with Crippen molar-refractivity contribution in [2.24, 2.45) is 5.41 Å². The van der Waals surface area contributed by atoms with Gasteiger partial charge in [-0.1, -0.05) is 29.3 Å². The van der Waals surface area contributed by atoms with Crippen molar-refractivity contribution in [1.29, 1.82) is 0 Å². The van der Waals surface area contributed by atoms with Gasteiger partial charge in [-0.15, -0.1) is 0 Å². The molecule has 4 heteroatoms. The minimum atomic E-state index is 0.322. The monoisotopic (exact) mass is 271 g/mol. The van der Waals surface area contributed by atoms with Gasteiger partial charge in [-0.3, -0.25) is 0 Å². The van der Waals surface area contributed by atoms with Crippen molar-refractivity contribution in [2.75, 3.05) is 26.3 Å². The van der Waals surface area contributed by atoms with Gasteiger partial charge in [-0.2, -0.15) is 0 Å². The van der Waals surface area contributed by atoms with Gasteiger partial charge in [0.25, 0.3) is 0 Å². The first kappa shape index (κ1) is 11.8. The molecular weight excluding hydrogens is 257 g/mol. The predicted molar refractivity (Wildman–Crippen MR) is 69.9 cm³/mol. The van der Waals surface area contributed by atoms with E-state index in [-0.39, 0.29) is 0 Å². The summed E-state index contributed by atoms with van der Waals surface area (Å²) in [4.78, 5) is 0. The molecule has 0 radical (unpaired) electrons. The van der Waals surface area contributed by atoms with E-state index in [1.807, 2.05) is 12.1 Å². The Kier molecular flexibility index (Phi) is 3.07. The first-order valence-corrected chi connectivity index (χ1v) is 6.70. The fraction of sp³-hybridized carbons (Fsp3) is 0.538. The number of rotatable bonds is 1. The summed E-state index contributed by atoms with van der Waals surface area (Å²) < 4.78 is 5.43. The Balaban J connectivity index is 1.93. The lowest BCUT2D eigenvalue weighted by Crippen LogP contribution is -2.54. The third-order valence-corrected chi connectivity index (χ3v) is 4.75. The Bertz CT molecular complexity index is 431. The molecule has 2 fully saturated rings. The highest BCUT2D eigenvalue weighted by molar-refractivity contribution is 6.42. The SMILES string of the molecule is Clc1ccc(C2CNCCC23COC3)cc1Cl. The fourth-order valence-corrected chi connectivity index (χ4v) is 3.19. The number of ether oxygens (including phenoxy) is 1. The standard InChI is InChI=1S/C13H15Cl2NO/c14-11-2-1-9(5-12(11)15)10-6-16-4-3-13(10)7-17-8-13/h1-2,5,10,16H,3-4,6-8H2. The zero-order valence-corrected chi connectivity index (χ0v) is 11.0. The number of halogens is 2. The molecule has 1 N–H and O–H groups in total. The summed E-state index contributed by atoms with van der Waals surface area (Å²) >= 11 is 12.1. The first-order chi connectivity index (χ1) is 8.21. The van der Waals surface area contributed by atoms with E-state index >= 15 is 0 Å². The van der Waals surface area contributed by atoms with Crippen molar-refractivity contribution in [1.82, 2.24) is 5.32 Å². The molecule has 0 saturated carbocycles. The molecule has 0 bridgehead atoms. The Labute approximate surface area is 111 Å². The molecule has 2 heterocycles. The van der Waals surface area contributed by atoms with E-state index < -0.39 is 0 Å². The van der Waals surface area contributed by atoms with Crippen LogP contribution in [-0.4, -0.2) is 26.3 Å². The lowest BCUT2D eigenvalue weighted by atomic mass is 9.66. The zero-order valence-electron chi connectivity index (χ0n) is 9.51. The molecule has 3 rings (SSSR count). The average molecular weight is 272 g/mol. The van der Waals surface area contributed by atoms with Gasteiger partial charge >= 0.3 is 0 Å². The molecule has 1 aromatic carbocycles. The number of benzene rings is 1. The van der Waals surface area contributed by atoms with E-state index in [9.17, 15) is 0 Å². The number of hydrogen-bond donors (Lipinski definition) is 1. The van der Waals surface area contributed by atoms with Crippen molar-refractivity contribution < 1.29 is 4.74 Å². The molecule has 2 nitrogen and oxygen atoms in total. The molecule has 2 aliphatic heterocycles. The Morgan fingerprint density at radius 1 is 1.24 bits per heavy atom. The van der Waals surface area contributed by atoms with Crippen molar-refractivity contribution >= 4 is 23.2 Å². The first-order valence-electron chi connectivity index (χ1n) is 5.95. The molecular formula is C13H15Cl2NO. The fourth-order valence-electron chi connectivity index (χ4n) is 2.88. The Hall–Kier alpha value is -0.280. The Morgan fingerprint density at radius 3 is 2.71 bits per heavy atom. The summed E-state index contributed by atoms with van der Waals surface area (Å²) in [6, 6.07) is 5.98. The van der Waals surface area contributed by atoms with Gasteiger partial charge in [0, 0.05) is 17.9 Å². The van der Waals surface area contributed by atoms with Crippen LogP contribution in [0.1, 0.15) is 17.9 Å². The van der Waals surface area contributed by atoms with Crippen LogP contribution < -0.4 is 5.32 Å². The summed E-state index contributed by atoms with van der Waals surface area (Å²) in [6.07, 6.45) is 1.18. The lowest BCUT2D eigenvalue weighted by molar-refractivity contribution is -0.139. The molecule has 2 aliphatic rings. The van der Waals surface area contributed by atoms with E-state index in [0.29, 0.717) is 21.4 Å². The van der Waals surface area contributed by atoms with Crippen LogP contribution in [0.15, 0.2) is 18.2 Å². The van der Waals surface area contributed by atoms with Crippen LogP contribution in [0.2, 0.25) is 10.0 Å². The second-order valence-corrected chi connectivity index (χ2v) is 5.85. The Morgan fingerprint density at radius 2 is 2.06 bits per heavy atom. The summed E-state index contributed by atoms with van der Waals surface area (Å²) in [5.41, 5.74) is 1.59. The van der Waals surface area contributed by atoms with Crippen LogP contribution in [0.25, 0.3) is 0 Å². The third kappa shape index (κ3) is 1.97. The highest BCUT2D eigenvalue weighted by Gasteiger charge is 2.47. The highest BCUT2D eigenvalue weighted by atomic mass is 35.5. The largest absolute Gasteiger partial charge is 0.380 e. The molecule has 0 amide bonds. The second-order valence-electron chi connectivity index (χ2n) is 5.04. The van der Waals surface area contributed by atoms with Gasteiger partial charge in [0.1, 0.15) is 0 Å². The maximum Gasteiger partial charge on any atom is 0.0595 e. The van der Waals surface area contributed by atoms with Crippen LogP contribution in [0.5, 0.6) is 0 Å². The second kappa shape index (κ2) is 4.43. The molecule has 2 saturated heterocycles. The third-order valence-electron chi connectivity index (χ3n) is 4.01. The van der Waals surface area contributed by atoms with Crippen LogP contribution in [0.3, 0.4) is 0 Å². The molecule has 0 aromatic heterocycles. The summed E-state index contributed by atoms with van der Waals surface area (Å²) in [6.45, 7) is 3.84. The maximum absolute atomic E-state index is 6.10. The molecule has 1 spiro atoms. The van der Waals surface area contributed by atoms with Gasteiger partial charge in [0.2, 0.25) is 0 Å². The van der Waals surface area contributed by atoms with E-state index in [1.54, 1.807) is 0 Å². The van der Waals surface area contributed by atoms with Gasteiger partial charge in [-0.05, 0) is 30.7 Å². The smallest absolute Gasteiger partial charge is 0.0595 e. The van der Waals surface area contributed by atoms with Crippen molar-refractivity contribution in [2.45, 2.75) is 12.3 Å². The van der Waals surface area contributed by atoms with E-state index in [4.69, 9.17) is 27.9 Å². The highest BCUT2D eigenvalue weighted by Crippen LogP contribution is 2.47. The van der Waals surface area contributed by atoms with Gasteiger partial charge in [0.05, 0.1) is 23.3 Å². The van der Waals surface area contributed by atoms with Gasteiger partial charge < -0.3 is 10.1 Å². The van der Waals surface area contributed by atoms with Crippen LogP contribution in [-0.2, 0) is 4.74 Å². The summed E-state index contributed by atoms with van der Waals surface area (Å²) in [5.74, 6) is 0.486. The van der Waals surface area contributed by atoms with Gasteiger partial charge in [-0.25, -0.2) is 0 Å². The van der Waals surface area contributed by atoms with Crippen molar-refractivity contribution in [3.8, 4) is 0 Å². The molecule has 1 atom stereocenters. The molecule has 1 aromatic rings. The van der Waals surface area contributed by atoms with E-state index in [0.717, 1.165) is 26.3 Å². The average Bonchev–Trinajstić information content (AvgIpc) is 2.31. The van der Waals surface area contributed by atoms with Crippen molar-refractivity contribution in [3.63, 3.8) is 0 Å². The van der Waals surface area contributed by atoms with E-state index in [2.05, 4.69) is 11.4 Å². The number of hydrogen-bond acceptors (Lipinski definition) is 2. The summed E-state index contributed by atoms with van der Waals surface area (Å²) in [7, 11) is 0. The predicted octanol–water partition coefficient (Wildman–Crippen LogP) is 3.09. The van der Waals surface area contributed by atoms with Crippen LogP contribution in [0, 0.1) is 5.41 Å². The number of nitrogens with one attached hydrogen (secondary N) is 1. The molecule has 92 valence electrons. The molecule has 1 unspecified atom stereocenters. The number of piperidine rings is 1. The molecule has 0 aliphatic carbocycles.